The van der Waals surface area contributed by atoms with Gasteiger partial charge >= 0.3 is 0 Å². The van der Waals surface area contributed by atoms with Crippen LogP contribution in [-0.2, 0) is 0 Å². The van der Waals surface area contributed by atoms with Gasteiger partial charge in [0.1, 0.15) is 11.4 Å². The maximum atomic E-state index is 12.5. The van der Waals surface area contributed by atoms with E-state index in [-0.39, 0.29) is 17.3 Å². The summed E-state index contributed by atoms with van der Waals surface area (Å²) in [5.74, 6) is -0.430. The number of hydrogen-bond acceptors (Lipinski definition) is 6. The number of aromatic amines is 1. The van der Waals surface area contributed by atoms with Gasteiger partial charge in [-0.15, -0.1) is 10.2 Å². The summed E-state index contributed by atoms with van der Waals surface area (Å²) in [6, 6.07) is 9.23. The van der Waals surface area contributed by atoms with E-state index < -0.39 is 11.5 Å². The number of amides is 1. The van der Waals surface area contributed by atoms with Crippen LogP contribution in [0.1, 0.15) is 33.0 Å². The maximum absolute atomic E-state index is 12.5. The Morgan fingerprint density at radius 3 is 2.73 bits per heavy atom. The minimum atomic E-state index is -0.487. The summed E-state index contributed by atoms with van der Waals surface area (Å²) in [6.07, 6.45) is 1.56. The Morgan fingerprint density at radius 1 is 1.23 bits per heavy atom. The SMILES string of the molecule is Cc1cc(C(=O)N/N=C\c2ccccc2C)n(-c2nnc(C)c(=O)[nH]2)n1. The molecule has 0 aliphatic rings. The van der Waals surface area contributed by atoms with Gasteiger partial charge in [-0.25, -0.2) is 5.43 Å². The van der Waals surface area contributed by atoms with Crippen LogP contribution < -0.4 is 11.0 Å². The fourth-order valence-corrected chi connectivity index (χ4v) is 2.25. The summed E-state index contributed by atoms with van der Waals surface area (Å²) in [6.45, 7) is 5.22. The minimum absolute atomic E-state index is 0.0572. The molecule has 0 unspecified atom stereocenters. The zero-order valence-electron chi connectivity index (χ0n) is 14.5. The fraction of sp³-hybridized carbons (Fsp3) is 0.176. The molecule has 2 N–H and O–H groups in total. The molecular weight excluding hydrogens is 334 g/mol. The molecule has 0 atom stereocenters. The third kappa shape index (κ3) is 3.56. The summed E-state index contributed by atoms with van der Waals surface area (Å²) in [5.41, 5.74) is 4.98. The monoisotopic (exact) mass is 351 g/mol. The summed E-state index contributed by atoms with van der Waals surface area (Å²) in [5, 5.41) is 15.8. The molecule has 0 aliphatic heterocycles. The summed E-state index contributed by atoms with van der Waals surface area (Å²) in [7, 11) is 0. The van der Waals surface area contributed by atoms with Crippen LogP contribution in [0.5, 0.6) is 0 Å². The molecule has 0 fully saturated rings. The molecule has 3 rings (SSSR count). The highest BCUT2D eigenvalue weighted by Crippen LogP contribution is 2.08. The Morgan fingerprint density at radius 2 is 2.00 bits per heavy atom. The predicted octanol–water partition coefficient (Wildman–Crippen LogP) is 1.04. The number of hydrazone groups is 1. The average molecular weight is 351 g/mol. The van der Waals surface area contributed by atoms with Crippen LogP contribution >= 0.6 is 0 Å². The smallest absolute Gasteiger partial charge is 0.288 e. The number of benzene rings is 1. The number of carbonyl (C=O) groups excluding carboxylic acids is 1. The van der Waals surface area contributed by atoms with Crippen molar-refractivity contribution in [3.05, 3.63) is 68.9 Å². The van der Waals surface area contributed by atoms with E-state index in [0.29, 0.717) is 5.69 Å². The molecule has 0 bridgehead atoms. The molecule has 132 valence electrons. The van der Waals surface area contributed by atoms with Gasteiger partial charge in [-0.05, 0) is 38.0 Å². The molecule has 0 saturated heterocycles. The lowest BCUT2D eigenvalue weighted by Gasteiger charge is -2.04. The van der Waals surface area contributed by atoms with Gasteiger partial charge in [-0.3, -0.25) is 14.6 Å². The first-order chi connectivity index (χ1) is 12.5. The van der Waals surface area contributed by atoms with E-state index in [2.05, 4.69) is 30.8 Å². The van der Waals surface area contributed by atoms with Crippen LogP contribution in [-0.4, -0.2) is 37.1 Å². The Bertz CT molecular complexity index is 1050. The molecule has 1 amide bonds. The molecule has 26 heavy (non-hydrogen) atoms. The minimum Gasteiger partial charge on any atom is -0.288 e. The van der Waals surface area contributed by atoms with E-state index in [0.717, 1.165) is 11.1 Å². The Balaban J connectivity index is 1.85. The second-order valence-corrected chi connectivity index (χ2v) is 5.70. The Labute approximate surface area is 148 Å². The molecule has 3 aromatic rings. The van der Waals surface area contributed by atoms with E-state index >= 15 is 0 Å². The molecule has 2 heterocycles. The normalized spacial score (nSPS) is 11.0. The second kappa shape index (κ2) is 7.09. The van der Waals surface area contributed by atoms with Crippen LogP contribution in [0.4, 0.5) is 0 Å². The van der Waals surface area contributed by atoms with Gasteiger partial charge in [-0.1, -0.05) is 24.3 Å². The Hall–Kier alpha value is -3.62. The lowest BCUT2D eigenvalue weighted by atomic mass is 10.1. The van der Waals surface area contributed by atoms with Gasteiger partial charge in [0, 0.05) is 0 Å². The van der Waals surface area contributed by atoms with Crippen molar-refractivity contribution in [2.24, 2.45) is 5.10 Å². The zero-order valence-corrected chi connectivity index (χ0v) is 14.5. The lowest BCUT2D eigenvalue weighted by molar-refractivity contribution is 0.0947. The summed E-state index contributed by atoms with van der Waals surface area (Å²) >= 11 is 0. The Kier molecular flexibility index (Phi) is 4.70. The second-order valence-electron chi connectivity index (χ2n) is 5.70. The molecule has 9 nitrogen and oxygen atoms in total. The first kappa shape index (κ1) is 17.2. The largest absolute Gasteiger partial charge is 0.290 e. The van der Waals surface area contributed by atoms with Crippen molar-refractivity contribution in [3.63, 3.8) is 0 Å². The van der Waals surface area contributed by atoms with Crippen molar-refractivity contribution in [3.8, 4) is 5.95 Å². The van der Waals surface area contributed by atoms with Crippen LogP contribution in [0.3, 0.4) is 0 Å². The van der Waals surface area contributed by atoms with Gasteiger partial charge in [-0.2, -0.15) is 14.9 Å². The van der Waals surface area contributed by atoms with E-state index in [1.54, 1.807) is 19.2 Å². The number of H-pyrrole nitrogens is 1. The third-order valence-electron chi connectivity index (χ3n) is 3.67. The fourth-order valence-electron chi connectivity index (χ4n) is 2.25. The highest BCUT2D eigenvalue weighted by Gasteiger charge is 2.17. The van der Waals surface area contributed by atoms with Gasteiger partial charge < -0.3 is 0 Å². The third-order valence-corrected chi connectivity index (χ3v) is 3.67. The van der Waals surface area contributed by atoms with E-state index in [1.807, 2.05) is 31.2 Å². The van der Waals surface area contributed by atoms with Crippen molar-refractivity contribution in [1.29, 1.82) is 0 Å². The maximum Gasteiger partial charge on any atom is 0.290 e. The molecule has 1 aromatic carbocycles. The van der Waals surface area contributed by atoms with Crippen LogP contribution in [0.2, 0.25) is 0 Å². The number of rotatable bonds is 4. The molecule has 0 spiro atoms. The van der Waals surface area contributed by atoms with Gasteiger partial charge in [0.2, 0.25) is 0 Å². The van der Waals surface area contributed by atoms with Crippen LogP contribution in [0.25, 0.3) is 5.95 Å². The van der Waals surface area contributed by atoms with Crippen molar-refractivity contribution >= 4 is 12.1 Å². The van der Waals surface area contributed by atoms with E-state index in [1.165, 1.54) is 11.6 Å². The first-order valence-corrected chi connectivity index (χ1v) is 7.85. The van der Waals surface area contributed by atoms with Crippen molar-refractivity contribution in [1.82, 2.24) is 30.4 Å². The van der Waals surface area contributed by atoms with Gasteiger partial charge in [0.25, 0.3) is 17.4 Å². The molecule has 0 radical (unpaired) electrons. The zero-order chi connectivity index (χ0) is 18.7. The van der Waals surface area contributed by atoms with Gasteiger partial charge in [0.15, 0.2) is 0 Å². The lowest BCUT2D eigenvalue weighted by Crippen LogP contribution is -2.24. The summed E-state index contributed by atoms with van der Waals surface area (Å²) < 4.78 is 1.22. The molecule has 2 aromatic heterocycles. The number of nitrogens with one attached hydrogen (secondary N) is 2. The first-order valence-electron chi connectivity index (χ1n) is 7.85. The van der Waals surface area contributed by atoms with Crippen molar-refractivity contribution in [2.45, 2.75) is 20.8 Å². The number of aryl methyl sites for hydroxylation is 3. The summed E-state index contributed by atoms with van der Waals surface area (Å²) in [4.78, 5) is 26.7. The number of nitrogens with zero attached hydrogens (tertiary/aromatic N) is 5. The topological polar surface area (TPSA) is 118 Å². The molecule has 0 aliphatic carbocycles. The highest BCUT2D eigenvalue weighted by atomic mass is 16.2. The molecule has 9 heteroatoms. The van der Waals surface area contributed by atoms with Crippen molar-refractivity contribution in [2.75, 3.05) is 0 Å². The van der Waals surface area contributed by atoms with E-state index in [4.69, 9.17) is 0 Å². The average Bonchev–Trinajstić information content (AvgIpc) is 3.01. The molecular formula is C17H17N7O2. The standard InChI is InChI=1S/C17H17N7O2/c1-10-6-4-5-7-13(10)9-18-21-16(26)14-8-11(2)23-24(14)17-19-15(25)12(3)20-22-17/h4-9H,1-3H3,(H,21,26)(H,19,22,25)/b18-9-. The number of hydrogen-bond donors (Lipinski definition) is 2. The van der Waals surface area contributed by atoms with Crippen LogP contribution in [0, 0.1) is 20.8 Å². The van der Waals surface area contributed by atoms with Gasteiger partial charge in [0.05, 0.1) is 11.9 Å². The number of aromatic nitrogens is 5. The quantitative estimate of drug-likeness (QED) is 0.538. The van der Waals surface area contributed by atoms with Crippen molar-refractivity contribution < 1.29 is 4.79 Å². The molecule has 0 saturated carbocycles. The van der Waals surface area contributed by atoms with E-state index in [9.17, 15) is 9.59 Å². The highest BCUT2D eigenvalue weighted by molar-refractivity contribution is 5.94. The predicted molar refractivity (Wildman–Crippen MR) is 95.5 cm³/mol. The number of carbonyl (C=O) groups is 1. The van der Waals surface area contributed by atoms with Crippen LogP contribution in [0.15, 0.2) is 40.2 Å².